The summed E-state index contributed by atoms with van der Waals surface area (Å²) in [7, 11) is 0. The fourth-order valence-electron chi connectivity index (χ4n) is 3.55. The maximum atomic E-state index is 13.6. The summed E-state index contributed by atoms with van der Waals surface area (Å²) in [5, 5.41) is 3.89. The van der Waals surface area contributed by atoms with E-state index < -0.39 is 36.4 Å². The van der Waals surface area contributed by atoms with Gasteiger partial charge in [-0.2, -0.15) is 26.3 Å². The first-order valence-corrected chi connectivity index (χ1v) is 9.99. The topological polar surface area (TPSA) is 70.2 Å². The van der Waals surface area contributed by atoms with Gasteiger partial charge in [0.2, 0.25) is 5.91 Å². The highest BCUT2D eigenvalue weighted by atomic mass is 19.4. The largest absolute Gasteiger partial charge is 0.439 e. The van der Waals surface area contributed by atoms with Crippen LogP contribution in [0.15, 0.2) is 30.3 Å². The van der Waals surface area contributed by atoms with Gasteiger partial charge in [0.25, 0.3) is 0 Å². The van der Waals surface area contributed by atoms with Gasteiger partial charge in [0.1, 0.15) is 0 Å². The Kier molecular flexibility index (Phi) is 8.19. The van der Waals surface area contributed by atoms with Crippen LogP contribution in [-0.2, 0) is 11.3 Å². The minimum Gasteiger partial charge on any atom is -0.334 e. The van der Waals surface area contributed by atoms with Crippen molar-refractivity contribution in [2.24, 2.45) is 5.92 Å². The number of carbonyl (C=O) groups is 2. The van der Waals surface area contributed by atoms with Crippen LogP contribution in [0.1, 0.15) is 50.5 Å². The van der Waals surface area contributed by atoms with Gasteiger partial charge in [-0.3, -0.25) is 10.1 Å². The fraction of sp³-hybridized carbons (Fsp3) is 0.600. The first-order chi connectivity index (χ1) is 14.4. The SMILES string of the molecule is O=C(CCC1CCCCC1)NC(NC(=O)NCc1ccccc1)(C(F)(F)F)C(F)(F)F. The molecule has 1 aliphatic carbocycles. The summed E-state index contributed by atoms with van der Waals surface area (Å²) in [4.78, 5) is 24.0. The zero-order valence-corrected chi connectivity index (χ0v) is 16.7. The van der Waals surface area contributed by atoms with Crippen LogP contribution in [0.4, 0.5) is 31.1 Å². The van der Waals surface area contributed by atoms with Crippen LogP contribution < -0.4 is 16.0 Å². The molecule has 3 N–H and O–H groups in total. The van der Waals surface area contributed by atoms with Crippen LogP contribution >= 0.6 is 0 Å². The van der Waals surface area contributed by atoms with Crippen molar-refractivity contribution in [3.05, 3.63) is 35.9 Å². The fourth-order valence-corrected chi connectivity index (χ4v) is 3.55. The zero-order valence-electron chi connectivity index (χ0n) is 16.7. The highest BCUT2D eigenvalue weighted by molar-refractivity contribution is 5.80. The lowest BCUT2D eigenvalue weighted by Crippen LogP contribution is -2.77. The Balaban J connectivity index is 2.10. The minimum absolute atomic E-state index is 0.0906. The normalized spacial score (nSPS) is 15.9. The van der Waals surface area contributed by atoms with Crippen LogP contribution in [0.3, 0.4) is 0 Å². The third-order valence-corrected chi connectivity index (χ3v) is 5.28. The third kappa shape index (κ3) is 6.76. The maximum Gasteiger partial charge on any atom is 0.439 e. The van der Waals surface area contributed by atoms with Crippen LogP contribution in [-0.4, -0.2) is 30.0 Å². The molecule has 0 radical (unpaired) electrons. The highest BCUT2D eigenvalue weighted by Gasteiger charge is 2.73. The summed E-state index contributed by atoms with van der Waals surface area (Å²) in [6, 6.07) is 6.20. The van der Waals surface area contributed by atoms with Gasteiger partial charge in [0.15, 0.2) is 0 Å². The average molecular weight is 453 g/mol. The summed E-state index contributed by atoms with van der Waals surface area (Å²) in [5.41, 5.74) is -4.43. The van der Waals surface area contributed by atoms with Gasteiger partial charge in [-0.25, -0.2) is 4.79 Å². The molecule has 3 amide bonds. The Hall–Kier alpha value is -2.46. The number of urea groups is 1. The van der Waals surface area contributed by atoms with E-state index in [-0.39, 0.29) is 18.9 Å². The van der Waals surface area contributed by atoms with Gasteiger partial charge in [0, 0.05) is 13.0 Å². The van der Waals surface area contributed by atoms with Crippen LogP contribution in [0.5, 0.6) is 0 Å². The molecule has 0 heterocycles. The number of benzene rings is 1. The van der Waals surface area contributed by atoms with Gasteiger partial charge in [-0.05, 0) is 17.9 Å². The van der Waals surface area contributed by atoms with E-state index in [1.807, 2.05) is 5.32 Å². The van der Waals surface area contributed by atoms with E-state index in [0.717, 1.165) is 42.7 Å². The quantitative estimate of drug-likeness (QED) is 0.411. The molecular weight excluding hydrogens is 428 g/mol. The molecule has 0 saturated heterocycles. The molecule has 1 aromatic rings. The number of amides is 3. The molecule has 1 aromatic carbocycles. The molecule has 5 nitrogen and oxygen atoms in total. The van der Waals surface area contributed by atoms with Gasteiger partial charge in [0.05, 0.1) is 0 Å². The number of rotatable bonds is 7. The zero-order chi connectivity index (χ0) is 23.1. The van der Waals surface area contributed by atoms with Crippen molar-refractivity contribution in [1.82, 2.24) is 16.0 Å². The molecule has 1 fully saturated rings. The van der Waals surface area contributed by atoms with Gasteiger partial charge in [-0.1, -0.05) is 62.4 Å². The van der Waals surface area contributed by atoms with Crippen LogP contribution in [0, 0.1) is 5.92 Å². The molecule has 1 aliphatic rings. The van der Waals surface area contributed by atoms with Crippen molar-refractivity contribution in [3.8, 4) is 0 Å². The smallest absolute Gasteiger partial charge is 0.334 e. The van der Waals surface area contributed by atoms with Crippen molar-refractivity contribution in [3.63, 3.8) is 0 Å². The molecule has 2 rings (SSSR count). The van der Waals surface area contributed by atoms with Crippen molar-refractivity contribution in [2.75, 3.05) is 0 Å². The molecule has 0 bridgehead atoms. The Morgan fingerprint density at radius 2 is 1.45 bits per heavy atom. The van der Waals surface area contributed by atoms with Crippen LogP contribution in [0.25, 0.3) is 0 Å². The Labute approximate surface area is 176 Å². The van der Waals surface area contributed by atoms with E-state index >= 15 is 0 Å². The second kappa shape index (κ2) is 10.2. The molecule has 11 heteroatoms. The van der Waals surface area contributed by atoms with E-state index in [1.165, 1.54) is 12.1 Å². The average Bonchev–Trinajstić information content (AvgIpc) is 2.70. The Morgan fingerprint density at radius 3 is 2.00 bits per heavy atom. The number of hydrogen-bond acceptors (Lipinski definition) is 2. The van der Waals surface area contributed by atoms with Crippen molar-refractivity contribution >= 4 is 11.9 Å². The second-order valence-corrected chi connectivity index (χ2v) is 7.63. The Bertz CT molecular complexity index is 717. The third-order valence-electron chi connectivity index (χ3n) is 5.28. The molecular formula is C20H25F6N3O2. The van der Waals surface area contributed by atoms with E-state index in [9.17, 15) is 35.9 Å². The first-order valence-electron chi connectivity index (χ1n) is 9.99. The minimum atomic E-state index is -6.02. The predicted molar refractivity (Wildman–Crippen MR) is 101 cm³/mol. The number of alkyl halides is 6. The standard InChI is InChI=1S/C20H25F6N3O2/c21-19(22,23)18(20(24,25)26,28-16(30)12-11-14-7-3-1-4-8-14)29-17(31)27-13-15-9-5-2-6-10-15/h2,5-6,9-10,14H,1,3-4,7-8,11-13H2,(H,28,30)(H2,27,29,31). The first kappa shape index (κ1) is 24.8. The highest BCUT2D eigenvalue weighted by Crippen LogP contribution is 2.41. The van der Waals surface area contributed by atoms with Gasteiger partial charge >= 0.3 is 24.0 Å². The summed E-state index contributed by atoms with van der Waals surface area (Å²) in [5.74, 6) is -1.34. The summed E-state index contributed by atoms with van der Waals surface area (Å²) in [6.45, 7) is -0.298. The van der Waals surface area contributed by atoms with Crippen molar-refractivity contribution in [2.45, 2.75) is 69.5 Å². The lowest BCUT2D eigenvalue weighted by atomic mass is 9.86. The lowest BCUT2D eigenvalue weighted by molar-refractivity contribution is -0.312. The molecule has 1 saturated carbocycles. The van der Waals surface area contributed by atoms with Gasteiger partial charge < -0.3 is 10.6 Å². The van der Waals surface area contributed by atoms with Crippen LogP contribution in [0.2, 0.25) is 0 Å². The molecule has 0 aromatic heterocycles. The molecule has 31 heavy (non-hydrogen) atoms. The van der Waals surface area contributed by atoms with E-state index in [2.05, 4.69) is 0 Å². The number of carbonyl (C=O) groups excluding carboxylic acids is 2. The van der Waals surface area contributed by atoms with Gasteiger partial charge in [-0.15, -0.1) is 0 Å². The monoisotopic (exact) mass is 453 g/mol. The number of hydrogen-bond donors (Lipinski definition) is 3. The number of nitrogens with one attached hydrogen (secondary N) is 3. The van der Waals surface area contributed by atoms with E-state index in [1.54, 1.807) is 18.2 Å². The maximum absolute atomic E-state index is 13.6. The van der Waals surface area contributed by atoms with Crippen molar-refractivity contribution in [1.29, 1.82) is 0 Å². The lowest BCUT2D eigenvalue weighted by Gasteiger charge is -2.38. The summed E-state index contributed by atoms with van der Waals surface area (Å²) in [6.07, 6.45) is -7.89. The Morgan fingerprint density at radius 1 is 0.871 bits per heavy atom. The summed E-state index contributed by atoms with van der Waals surface area (Å²) < 4.78 is 81.4. The molecule has 0 unspecified atom stereocenters. The summed E-state index contributed by atoms with van der Waals surface area (Å²) >= 11 is 0. The molecule has 0 atom stereocenters. The molecule has 0 spiro atoms. The van der Waals surface area contributed by atoms with E-state index in [4.69, 9.17) is 0 Å². The molecule has 174 valence electrons. The van der Waals surface area contributed by atoms with E-state index in [0.29, 0.717) is 5.56 Å². The molecule has 0 aliphatic heterocycles. The second-order valence-electron chi connectivity index (χ2n) is 7.63. The predicted octanol–water partition coefficient (Wildman–Crippen LogP) is 4.78. The van der Waals surface area contributed by atoms with Crippen molar-refractivity contribution < 1.29 is 35.9 Å². The number of halogens is 6.